The molecule has 0 aliphatic carbocycles. The van der Waals surface area contributed by atoms with Crippen molar-refractivity contribution in [2.75, 3.05) is 0 Å². The van der Waals surface area contributed by atoms with E-state index in [4.69, 9.17) is 24.4 Å². The molecular weight excluding hydrogens is 542 g/mol. The van der Waals surface area contributed by atoms with Gasteiger partial charge in [0.2, 0.25) is 0 Å². The molecule has 206 valence electrons. The summed E-state index contributed by atoms with van der Waals surface area (Å²) in [7, 11) is 0. The van der Waals surface area contributed by atoms with Crippen LogP contribution < -0.4 is 0 Å². The lowest BCUT2D eigenvalue weighted by molar-refractivity contribution is 0.668. The number of furan rings is 1. The third-order valence-electron chi connectivity index (χ3n) is 8.10. The van der Waals surface area contributed by atoms with Gasteiger partial charge in [0.25, 0.3) is 0 Å². The van der Waals surface area contributed by atoms with Gasteiger partial charge in [-0.25, -0.2) is 19.9 Å². The first-order chi connectivity index (χ1) is 21.8. The molecule has 0 radical (unpaired) electrons. The highest BCUT2D eigenvalue weighted by Gasteiger charge is 2.17. The molecule has 44 heavy (non-hydrogen) atoms. The number of hydrogen-bond donors (Lipinski definition) is 0. The summed E-state index contributed by atoms with van der Waals surface area (Å²) in [5.41, 5.74) is 7.42. The van der Waals surface area contributed by atoms with Crippen molar-refractivity contribution in [2.45, 2.75) is 0 Å². The summed E-state index contributed by atoms with van der Waals surface area (Å²) < 4.78 is 8.60. The van der Waals surface area contributed by atoms with Crippen molar-refractivity contribution in [1.29, 1.82) is 0 Å². The highest BCUT2D eigenvalue weighted by molar-refractivity contribution is 6.09. The molecule has 0 saturated carbocycles. The number of hydrogen-bond acceptors (Lipinski definition) is 5. The van der Waals surface area contributed by atoms with Gasteiger partial charge in [0, 0.05) is 50.5 Å². The Morgan fingerprint density at radius 1 is 0.455 bits per heavy atom. The van der Waals surface area contributed by atoms with Crippen LogP contribution in [0.25, 0.3) is 83.7 Å². The monoisotopic (exact) mass is 565 g/mol. The molecule has 0 unspecified atom stereocenters. The number of para-hydroxylation sites is 1. The summed E-state index contributed by atoms with van der Waals surface area (Å²) in [6, 6.07) is 45.0. The van der Waals surface area contributed by atoms with Gasteiger partial charge in [0.1, 0.15) is 16.8 Å². The molecule has 5 aromatic carbocycles. The van der Waals surface area contributed by atoms with Gasteiger partial charge < -0.3 is 4.42 Å². The number of rotatable bonds is 4. The van der Waals surface area contributed by atoms with Crippen LogP contribution in [0.4, 0.5) is 0 Å². The lowest BCUT2D eigenvalue weighted by atomic mass is 10.1. The maximum atomic E-state index is 6.41. The Kier molecular flexibility index (Phi) is 5.40. The Bertz CT molecular complexity index is 2390. The molecule has 9 aromatic rings. The van der Waals surface area contributed by atoms with Crippen molar-refractivity contribution in [2.24, 2.45) is 0 Å². The molecule has 4 heterocycles. The first-order valence-electron chi connectivity index (χ1n) is 14.5. The first kappa shape index (κ1) is 24.5. The van der Waals surface area contributed by atoms with Gasteiger partial charge in [-0.15, -0.1) is 0 Å². The third kappa shape index (κ3) is 3.89. The minimum Gasteiger partial charge on any atom is -0.456 e. The Balaban J connectivity index is 1.20. The largest absolute Gasteiger partial charge is 0.456 e. The SMILES string of the molecule is c1ccc(-c2nc(-c3ccccc3)nc(-c3ccc4oc5cc(-n6c7ccccc7c7cccnc76)ccc5c4c3)n2)cc1. The van der Waals surface area contributed by atoms with Crippen LogP contribution in [0.5, 0.6) is 0 Å². The summed E-state index contributed by atoms with van der Waals surface area (Å²) in [5, 5.41) is 4.33. The summed E-state index contributed by atoms with van der Waals surface area (Å²) in [4.78, 5) is 19.4. The molecular formula is C38H23N5O. The maximum Gasteiger partial charge on any atom is 0.164 e. The van der Waals surface area contributed by atoms with E-state index in [0.717, 1.165) is 60.9 Å². The lowest BCUT2D eigenvalue weighted by Gasteiger charge is -2.08. The highest BCUT2D eigenvalue weighted by atomic mass is 16.3. The second kappa shape index (κ2) is 9.71. The lowest BCUT2D eigenvalue weighted by Crippen LogP contribution is -2.00. The molecule has 0 spiro atoms. The van der Waals surface area contributed by atoms with Crippen molar-refractivity contribution in [1.82, 2.24) is 24.5 Å². The van der Waals surface area contributed by atoms with Crippen LogP contribution in [0.15, 0.2) is 144 Å². The molecule has 4 aromatic heterocycles. The molecule has 0 fully saturated rings. The minimum absolute atomic E-state index is 0.613. The van der Waals surface area contributed by atoms with Crippen LogP contribution >= 0.6 is 0 Å². The van der Waals surface area contributed by atoms with Gasteiger partial charge >= 0.3 is 0 Å². The third-order valence-corrected chi connectivity index (χ3v) is 8.10. The molecule has 6 heteroatoms. The number of nitrogens with zero attached hydrogens (tertiary/aromatic N) is 5. The molecule has 0 aliphatic rings. The van der Waals surface area contributed by atoms with Crippen LogP contribution in [-0.2, 0) is 0 Å². The molecule has 9 rings (SSSR count). The molecule has 0 atom stereocenters. The smallest absolute Gasteiger partial charge is 0.164 e. The molecule has 0 aliphatic heterocycles. The summed E-state index contributed by atoms with van der Waals surface area (Å²) in [5.74, 6) is 1.88. The van der Waals surface area contributed by atoms with E-state index >= 15 is 0 Å². The summed E-state index contributed by atoms with van der Waals surface area (Å²) >= 11 is 0. The van der Waals surface area contributed by atoms with Gasteiger partial charge in [0.05, 0.1) is 11.2 Å². The molecule has 0 amide bonds. The van der Waals surface area contributed by atoms with Gasteiger partial charge in [-0.3, -0.25) is 4.57 Å². The topological polar surface area (TPSA) is 69.6 Å². The Morgan fingerprint density at radius 2 is 1.11 bits per heavy atom. The van der Waals surface area contributed by atoms with Crippen LogP contribution in [0.1, 0.15) is 0 Å². The van der Waals surface area contributed by atoms with E-state index in [1.807, 2.05) is 85.1 Å². The second-order valence-electron chi connectivity index (χ2n) is 10.8. The fraction of sp³-hybridized carbons (Fsp3) is 0. The zero-order valence-electron chi connectivity index (χ0n) is 23.4. The molecule has 0 bridgehead atoms. The predicted octanol–water partition coefficient (Wildman–Crippen LogP) is 9.26. The van der Waals surface area contributed by atoms with Crippen LogP contribution in [-0.4, -0.2) is 24.5 Å². The highest BCUT2D eigenvalue weighted by Crippen LogP contribution is 2.36. The standard InChI is InChI=1S/C38H23N5O/c1-3-10-24(11-4-1)35-40-36(25-12-5-2-6-13-25)42-37(41-35)26-17-20-33-31(22-26)29-19-18-27(23-34(29)44-33)43-32-16-8-7-14-28(32)30-15-9-21-39-38(30)43/h1-23H. The van der Waals surface area contributed by atoms with Crippen molar-refractivity contribution < 1.29 is 4.42 Å². The van der Waals surface area contributed by atoms with Crippen molar-refractivity contribution >= 4 is 43.9 Å². The normalized spacial score (nSPS) is 11.6. The van der Waals surface area contributed by atoms with E-state index in [2.05, 4.69) is 59.2 Å². The molecule has 0 N–H and O–H groups in total. The minimum atomic E-state index is 0.613. The number of aromatic nitrogens is 5. The predicted molar refractivity (Wildman–Crippen MR) is 176 cm³/mol. The van der Waals surface area contributed by atoms with Gasteiger partial charge in [0.15, 0.2) is 17.5 Å². The Labute approximate surface area is 251 Å². The van der Waals surface area contributed by atoms with Crippen molar-refractivity contribution in [3.63, 3.8) is 0 Å². The first-order valence-corrected chi connectivity index (χ1v) is 14.5. The number of pyridine rings is 1. The van der Waals surface area contributed by atoms with Gasteiger partial charge in [-0.2, -0.15) is 0 Å². The number of benzene rings is 5. The van der Waals surface area contributed by atoms with Crippen molar-refractivity contribution in [3.05, 3.63) is 140 Å². The zero-order valence-corrected chi connectivity index (χ0v) is 23.4. The van der Waals surface area contributed by atoms with E-state index in [9.17, 15) is 0 Å². The second-order valence-corrected chi connectivity index (χ2v) is 10.8. The van der Waals surface area contributed by atoms with E-state index in [1.165, 1.54) is 5.39 Å². The average Bonchev–Trinajstić information content (AvgIpc) is 3.63. The number of fused-ring (bicyclic) bond motifs is 6. The Morgan fingerprint density at radius 3 is 1.86 bits per heavy atom. The maximum absolute atomic E-state index is 6.41. The van der Waals surface area contributed by atoms with Crippen LogP contribution in [0.2, 0.25) is 0 Å². The van der Waals surface area contributed by atoms with E-state index in [-0.39, 0.29) is 0 Å². The van der Waals surface area contributed by atoms with Crippen molar-refractivity contribution in [3.8, 4) is 39.9 Å². The van der Waals surface area contributed by atoms with E-state index in [0.29, 0.717) is 17.5 Å². The van der Waals surface area contributed by atoms with Crippen LogP contribution in [0.3, 0.4) is 0 Å². The van der Waals surface area contributed by atoms with E-state index in [1.54, 1.807) is 0 Å². The van der Waals surface area contributed by atoms with E-state index < -0.39 is 0 Å². The van der Waals surface area contributed by atoms with Gasteiger partial charge in [-0.05, 0) is 48.5 Å². The summed E-state index contributed by atoms with van der Waals surface area (Å²) in [6.07, 6.45) is 1.84. The zero-order chi connectivity index (χ0) is 29.0. The molecule has 0 saturated heterocycles. The quantitative estimate of drug-likeness (QED) is 0.213. The fourth-order valence-corrected chi connectivity index (χ4v) is 6.04. The molecule has 6 nitrogen and oxygen atoms in total. The summed E-state index contributed by atoms with van der Waals surface area (Å²) in [6.45, 7) is 0. The van der Waals surface area contributed by atoms with Crippen LogP contribution in [0, 0.1) is 0 Å². The van der Waals surface area contributed by atoms with Gasteiger partial charge in [-0.1, -0.05) is 78.9 Å². The Hall–Kier alpha value is -6.14. The average molecular weight is 566 g/mol. The fourth-order valence-electron chi connectivity index (χ4n) is 6.04.